The lowest BCUT2D eigenvalue weighted by molar-refractivity contribution is 0.183. The zero-order chi connectivity index (χ0) is 11.1. The van der Waals surface area contributed by atoms with Crippen molar-refractivity contribution in [3.63, 3.8) is 0 Å². The highest BCUT2D eigenvalue weighted by atomic mass is 79.9. The lowest BCUT2D eigenvalue weighted by Crippen LogP contribution is -2.28. The molecule has 0 saturated carbocycles. The molecule has 1 aromatic rings. The van der Waals surface area contributed by atoms with Gasteiger partial charge in [0.25, 0.3) is 0 Å². The average molecular weight is 274 g/mol. The molecule has 0 aromatic carbocycles. The molecule has 0 aliphatic heterocycles. The molecule has 0 spiro atoms. The van der Waals surface area contributed by atoms with Crippen LogP contribution in [0, 0.1) is 0 Å². The Morgan fingerprint density at radius 2 is 2.47 bits per heavy atom. The molecule has 0 bridgehead atoms. The third-order valence-corrected chi connectivity index (χ3v) is 2.62. The first-order valence-electron chi connectivity index (χ1n) is 4.84. The molecule has 0 saturated heterocycles. The van der Waals surface area contributed by atoms with Crippen molar-refractivity contribution in [1.82, 2.24) is 4.98 Å². The van der Waals surface area contributed by atoms with Gasteiger partial charge >= 0.3 is 0 Å². The summed E-state index contributed by atoms with van der Waals surface area (Å²) in [7, 11) is 1.68. The predicted octanol–water partition coefficient (Wildman–Crippen LogP) is 1.62. The van der Waals surface area contributed by atoms with E-state index in [4.69, 9.17) is 10.5 Å². The molecule has 0 radical (unpaired) electrons. The number of nitrogens with zero attached hydrogens (tertiary/aromatic N) is 1. The molecular weight excluding hydrogens is 258 g/mol. The predicted molar refractivity (Wildman–Crippen MR) is 64.9 cm³/mol. The van der Waals surface area contributed by atoms with Crippen molar-refractivity contribution in [3.05, 3.63) is 22.8 Å². The van der Waals surface area contributed by atoms with E-state index < -0.39 is 0 Å². The molecule has 4 nitrogen and oxygen atoms in total. The highest BCUT2D eigenvalue weighted by Gasteiger charge is 2.09. The Morgan fingerprint density at radius 1 is 1.67 bits per heavy atom. The Balaban J connectivity index is 2.60. The van der Waals surface area contributed by atoms with Crippen LogP contribution in [0.4, 0.5) is 5.82 Å². The molecule has 84 valence electrons. The highest BCUT2D eigenvalue weighted by molar-refractivity contribution is 9.10. The minimum atomic E-state index is 0.200. The second-order valence-corrected chi connectivity index (χ2v) is 4.06. The first-order chi connectivity index (χ1) is 7.27. The van der Waals surface area contributed by atoms with Crippen LogP contribution in [-0.4, -0.2) is 31.3 Å². The number of hydrogen-bond donors (Lipinski definition) is 2. The topological polar surface area (TPSA) is 60.2 Å². The van der Waals surface area contributed by atoms with Crippen molar-refractivity contribution >= 4 is 21.7 Å². The van der Waals surface area contributed by atoms with Crippen LogP contribution in [0.3, 0.4) is 0 Å². The second kappa shape index (κ2) is 6.76. The summed E-state index contributed by atoms with van der Waals surface area (Å²) in [5.41, 5.74) is 5.52. The van der Waals surface area contributed by atoms with Gasteiger partial charge in [-0.3, -0.25) is 0 Å². The SMILES string of the molecule is COCC(CCN)Nc1ncccc1Br. The quantitative estimate of drug-likeness (QED) is 0.827. The molecule has 1 heterocycles. The number of rotatable bonds is 6. The minimum Gasteiger partial charge on any atom is -0.383 e. The number of hydrogen-bond acceptors (Lipinski definition) is 4. The van der Waals surface area contributed by atoms with E-state index in [2.05, 4.69) is 26.2 Å². The third kappa shape index (κ3) is 4.15. The average Bonchev–Trinajstić information content (AvgIpc) is 2.22. The van der Waals surface area contributed by atoms with E-state index in [1.165, 1.54) is 0 Å². The molecule has 1 atom stereocenters. The summed E-state index contributed by atoms with van der Waals surface area (Å²) in [6.45, 7) is 1.26. The van der Waals surface area contributed by atoms with Crippen LogP contribution in [0.1, 0.15) is 6.42 Å². The van der Waals surface area contributed by atoms with Gasteiger partial charge in [-0.1, -0.05) is 0 Å². The maximum atomic E-state index is 5.52. The Bertz CT molecular complexity index is 290. The van der Waals surface area contributed by atoms with Gasteiger partial charge in [0.05, 0.1) is 17.1 Å². The summed E-state index contributed by atoms with van der Waals surface area (Å²) < 4.78 is 6.05. The lowest BCUT2D eigenvalue weighted by atomic mass is 10.2. The molecule has 1 unspecified atom stereocenters. The lowest BCUT2D eigenvalue weighted by Gasteiger charge is -2.18. The van der Waals surface area contributed by atoms with Crippen LogP contribution in [0.5, 0.6) is 0 Å². The van der Waals surface area contributed by atoms with Gasteiger partial charge in [0.2, 0.25) is 0 Å². The Labute approximate surface area is 98.3 Å². The molecule has 3 N–H and O–H groups in total. The molecule has 0 aliphatic carbocycles. The second-order valence-electron chi connectivity index (χ2n) is 3.21. The number of aromatic nitrogens is 1. The van der Waals surface area contributed by atoms with E-state index in [1.54, 1.807) is 13.3 Å². The van der Waals surface area contributed by atoms with Gasteiger partial charge in [-0.25, -0.2) is 4.98 Å². The zero-order valence-corrected chi connectivity index (χ0v) is 10.3. The van der Waals surface area contributed by atoms with Crippen LogP contribution < -0.4 is 11.1 Å². The minimum absolute atomic E-state index is 0.200. The Hall–Kier alpha value is -0.650. The van der Waals surface area contributed by atoms with Crippen molar-refractivity contribution in [2.45, 2.75) is 12.5 Å². The van der Waals surface area contributed by atoms with Crippen LogP contribution in [0.2, 0.25) is 0 Å². The smallest absolute Gasteiger partial charge is 0.140 e. The van der Waals surface area contributed by atoms with Gasteiger partial charge in [-0.15, -0.1) is 0 Å². The first-order valence-corrected chi connectivity index (χ1v) is 5.63. The molecule has 1 rings (SSSR count). The normalized spacial score (nSPS) is 12.5. The Kier molecular flexibility index (Phi) is 5.60. The summed E-state index contributed by atoms with van der Waals surface area (Å²) >= 11 is 3.43. The van der Waals surface area contributed by atoms with E-state index >= 15 is 0 Å². The van der Waals surface area contributed by atoms with Crippen LogP contribution in [0.15, 0.2) is 22.8 Å². The fourth-order valence-corrected chi connectivity index (χ4v) is 1.65. The van der Waals surface area contributed by atoms with Crippen LogP contribution in [0.25, 0.3) is 0 Å². The molecule has 0 amide bonds. The van der Waals surface area contributed by atoms with Crippen molar-refractivity contribution < 1.29 is 4.74 Å². The van der Waals surface area contributed by atoms with E-state index in [1.807, 2.05) is 12.1 Å². The van der Waals surface area contributed by atoms with Crippen molar-refractivity contribution in [1.29, 1.82) is 0 Å². The largest absolute Gasteiger partial charge is 0.383 e. The van der Waals surface area contributed by atoms with Crippen molar-refractivity contribution in [2.24, 2.45) is 5.73 Å². The number of pyridine rings is 1. The number of halogens is 1. The summed E-state index contributed by atoms with van der Waals surface area (Å²) in [6, 6.07) is 4.02. The number of nitrogens with one attached hydrogen (secondary N) is 1. The molecule has 0 aliphatic rings. The number of anilines is 1. The van der Waals surface area contributed by atoms with E-state index in [-0.39, 0.29) is 6.04 Å². The highest BCUT2D eigenvalue weighted by Crippen LogP contribution is 2.19. The molecule has 5 heteroatoms. The Morgan fingerprint density at radius 3 is 3.07 bits per heavy atom. The number of nitrogens with two attached hydrogens (primary N) is 1. The fraction of sp³-hybridized carbons (Fsp3) is 0.500. The van der Waals surface area contributed by atoms with E-state index in [9.17, 15) is 0 Å². The molecule has 1 aromatic heterocycles. The van der Waals surface area contributed by atoms with E-state index in [0.29, 0.717) is 13.2 Å². The number of ether oxygens (including phenoxy) is 1. The standard InChI is InChI=1S/C10H16BrN3O/c1-15-7-8(4-5-12)14-10-9(11)3-2-6-13-10/h2-3,6,8H,4-5,7,12H2,1H3,(H,13,14). The maximum Gasteiger partial charge on any atom is 0.140 e. The monoisotopic (exact) mass is 273 g/mol. The van der Waals surface area contributed by atoms with Crippen LogP contribution in [-0.2, 0) is 4.74 Å². The first kappa shape index (κ1) is 12.4. The van der Waals surface area contributed by atoms with Gasteiger partial charge < -0.3 is 15.8 Å². The molecular formula is C10H16BrN3O. The molecule has 15 heavy (non-hydrogen) atoms. The summed E-state index contributed by atoms with van der Waals surface area (Å²) in [6.07, 6.45) is 2.61. The van der Waals surface area contributed by atoms with Gasteiger partial charge in [0, 0.05) is 13.3 Å². The summed E-state index contributed by atoms with van der Waals surface area (Å²) in [5, 5.41) is 3.29. The van der Waals surface area contributed by atoms with E-state index in [0.717, 1.165) is 16.7 Å². The molecule has 0 fully saturated rings. The summed E-state index contributed by atoms with van der Waals surface area (Å²) in [5.74, 6) is 0.827. The van der Waals surface area contributed by atoms with Crippen molar-refractivity contribution in [3.8, 4) is 0 Å². The van der Waals surface area contributed by atoms with Gasteiger partial charge in [-0.2, -0.15) is 0 Å². The van der Waals surface area contributed by atoms with Gasteiger partial charge in [0.15, 0.2) is 0 Å². The van der Waals surface area contributed by atoms with Gasteiger partial charge in [-0.05, 0) is 41.0 Å². The van der Waals surface area contributed by atoms with Gasteiger partial charge in [0.1, 0.15) is 5.82 Å². The zero-order valence-electron chi connectivity index (χ0n) is 8.74. The number of methoxy groups -OCH3 is 1. The van der Waals surface area contributed by atoms with Crippen LogP contribution >= 0.6 is 15.9 Å². The maximum absolute atomic E-state index is 5.52. The third-order valence-electron chi connectivity index (χ3n) is 1.98. The fourth-order valence-electron chi connectivity index (χ4n) is 1.28. The summed E-state index contributed by atoms with van der Waals surface area (Å²) in [4.78, 5) is 4.23. The van der Waals surface area contributed by atoms with Crippen molar-refractivity contribution in [2.75, 3.05) is 25.6 Å².